The molecule has 3 nitrogen and oxygen atoms in total. The van der Waals surface area contributed by atoms with Crippen molar-refractivity contribution in [2.24, 2.45) is 0 Å². The molecule has 15 heavy (non-hydrogen) atoms. The Morgan fingerprint density at radius 2 is 1.93 bits per heavy atom. The van der Waals surface area contributed by atoms with E-state index in [1.165, 1.54) is 0 Å². The van der Waals surface area contributed by atoms with Crippen LogP contribution in [0.15, 0.2) is 30.3 Å². The van der Waals surface area contributed by atoms with Gasteiger partial charge in [0.05, 0.1) is 18.6 Å². The Bertz CT molecular complexity index is 317. The van der Waals surface area contributed by atoms with E-state index in [0.717, 1.165) is 5.56 Å². The smallest absolute Gasteiger partial charge is 0.306 e. The third-order valence-electron chi connectivity index (χ3n) is 2.05. The third-order valence-corrected chi connectivity index (χ3v) is 2.05. The van der Waals surface area contributed by atoms with E-state index in [9.17, 15) is 4.79 Å². The lowest BCUT2D eigenvalue weighted by atomic mass is 10.1. The maximum atomic E-state index is 10.5. The molecule has 0 bridgehead atoms. The topological polar surface area (TPSA) is 46.5 Å². The van der Waals surface area contributed by atoms with Crippen LogP contribution in [-0.2, 0) is 16.1 Å². The Morgan fingerprint density at radius 3 is 2.47 bits per heavy atom. The van der Waals surface area contributed by atoms with Crippen LogP contribution in [-0.4, -0.2) is 16.7 Å². The van der Waals surface area contributed by atoms with Gasteiger partial charge < -0.3 is 9.84 Å². The van der Waals surface area contributed by atoms with Crippen molar-refractivity contribution in [1.29, 1.82) is 0 Å². The molecule has 0 aliphatic carbocycles. The summed E-state index contributed by atoms with van der Waals surface area (Å²) in [6, 6.07) is 9.71. The largest absolute Gasteiger partial charge is 0.481 e. The Kier molecular flexibility index (Phi) is 3.86. The molecule has 0 aliphatic heterocycles. The fraction of sp³-hybridized carbons (Fsp3) is 0.417. The van der Waals surface area contributed by atoms with Crippen LogP contribution in [0.4, 0.5) is 0 Å². The van der Waals surface area contributed by atoms with E-state index in [0.29, 0.717) is 6.61 Å². The second kappa shape index (κ2) is 4.94. The van der Waals surface area contributed by atoms with E-state index in [4.69, 9.17) is 9.84 Å². The Balaban J connectivity index is 2.46. The number of carboxylic acids is 1. The van der Waals surface area contributed by atoms with E-state index in [2.05, 4.69) is 0 Å². The lowest BCUT2D eigenvalue weighted by molar-refractivity contribution is -0.144. The van der Waals surface area contributed by atoms with Crippen LogP contribution in [0.1, 0.15) is 25.8 Å². The summed E-state index contributed by atoms with van der Waals surface area (Å²) in [4.78, 5) is 10.5. The van der Waals surface area contributed by atoms with Crippen LogP contribution in [0.2, 0.25) is 0 Å². The molecule has 0 aromatic heterocycles. The van der Waals surface area contributed by atoms with Gasteiger partial charge in [-0.15, -0.1) is 0 Å². The molecule has 1 N–H and O–H groups in total. The van der Waals surface area contributed by atoms with E-state index in [-0.39, 0.29) is 6.42 Å². The first-order chi connectivity index (χ1) is 6.99. The first-order valence-corrected chi connectivity index (χ1v) is 4.89. The van der Waals surface area contributed by atoms with E-state index in [1.807, 2.05) is 30.3 Å². The summed E-state index contributed by atoms with van der Waals surface area (Å²) in [5, 5.41) is 8.67. The van der Waals surface area contributed by atoms with Crippen molar-refractivity contribution in [2.45, 2.75) is 32.5 Å². The van der Waals surface area contributed by atoms with Crippen LogP contribution in [0.25, 0.3) is 0 Å². The molecule has 0 fully saturated rings. The van der Waals surface area contributed by atoms with Gasteiger partial charge in [-0.25, -0.2) is 0 Å². The first kappa shape index (κ1) is 11.7. The standard InChI is InChI=1S/C12H16O3/c1-12(2,8-11(13)14)15-9-10-6-4-3-5-7-10/h3-7H,8-9H2,1-2H3,(H,13,14). The van der Waals surface area contributed by atoms with Gasteiger partial charge in [0, 0.05) is 0 Å². The molecule has 82 valence electrons. The van der Waals surface area contributed by atoms with Crippen LogP contribution >= 0.6 is 0 Å². The number of rotatable bonds is 5. The highest BCUT2D eigenvalue weighted by Gasteiger charge is 2.22. The summed E-state index contributed by atoms with van der Waals surface area (Å²) in [5.74, 6) is -0.840. The number of carbonyl (C=O) groups is 1. The number of hydrogen-bond donors (Lipinski definition) is 1. The number of aliphatic carboxylic acids is 1. The molecule has 0 unspecified atom stereocenters. The van der Waals surface area contributed by atoms with Gasteiger partial charge >= 0.3 is 5.97 Å². The number of carboxylic acid groups (broad SMARTS) is 1. The van der Waals surface area contributed by atoms with Crippen LogP contribution in [0, 0.1) is 0 Å². The quantitative estimate of drug-likeness (QED) is 0.808. The van der Waals surface area contributed by atoms with E-state index >= 15 is 0 Å². The van der Waals surface area contributed by atoms with Gasteiger partial charge in [-0.3, -0.25) is 4.79 Å². The van der Waals surface area contributed by atoms with Gasteiger partial charge in [0.2, 0.25) is 0 Å². The van der Waals surface area contributed by atoms with Gasteiger partial charge in [-0.05, 0) is 19.4 Å². The SMILES string of the molecule is CC(C)(CC(=O)O)OCc1ccccc1. The lowest BCUT2D eigenvalue weighted by Crippen LogP contribution is -2.27. The minimum absolute atomic E-state index is 0.0137. The highest BCUT2D eigenvalue weighted by molar-refractivity contribution is 5.67. The summed E-state index contributed by atoms with van der Waals surface area (Å²) < 4.78 is 5.55. The van der Waals surface area contributed by atoms with Gasteiger partial charge in [0.15, 0.2) is 0 Å². The summed E-state index contributed by atoms with van der Waals surface area (Å²) in [5.41, 5.74) is 0.428. The zero-order chi connectivity index (χ0) is 11.3. The molecule has 0 spiro atoms. The normalized spacial score (nSPS) is 11.3. The Hall–Kier alpha value is -1.35. The molecule has 1 aromatic carbocycles. The van der Waals surface area contributed by atoms with Gasteiger partial charge in [-0.2, -0.15) is 0 Å². The van der Waals surface area contributed by atoms with E-state index < -0.39 is 11.6 Å². The zero-order valence-electron chi connectivity index (χ0n) is 9.06. The fourth-order valence-corrected chi connectivity index (χ4v) is 1.27. The van der Waals surface area contributed by atoms with Crippen molar-refractivity contribution in [2.75, 3.05) is 0 Å². The first-order valence-electron chi connectivity index (χ1n) is 4.89. The lowest BCUT2D eigenvalue weighted by Gasteiger charge is -2.23. The summed E-state index contributed by atoms with van der Waals surface area (Å²) in [6.07, 6.45) is 0.0137. The van der Waals surface area contributed by atoms with Crippen molar-refractivity contribution < 1.29 is 14.6 Å². The number of ether oxygens (including phenoxy) is 1. The Morgan fingerprint density at radius 1 is 1.33 bits per heavy atom. The molecule has 1 aromatic rings. The molecule has 0 aliphatic rings. The monoisotopic (exact) mass is 208 g/mol. The second-order valence-corrected chi connectivity index (χ2v) is 4.10. The molecule has 1 rings (SSSR count). The average Bonchev–Trinajstić information content (AvgIpc) is 2.15. The highest BCUT2D eigenvalue weighted by atomic mass is 16.5. The summed E-state index contributed by atoms with van der Waals surface area (Å²) in [6.45, 7) is 4.01. The second-order valence-electron chi connectivity index (χ2n) is 4.10. The van der Waals surface area contributed by atoms with E-state index in [1.54, 1.807) is 13.8 Å². The minimum Gasteiger partial charge on any atom is -0.481 e. The molecule has 0 heterocycles. The van der Waals surface area contributed by atoms with Crippen molar-refractivity contribution in [3.8, 4) is 0 Å². The highest BCUT2D eigenvalue weighted by Crippen LogP contribution is 2.16. The molecule has 0 saturated carbocycles. The van der Waals surface area contributed by atoms with Crippen molar-refractivity contribution >= 4 is 5.97 Å². The fourth-order valence-electron chi connectivity index (χ4n) is 1.27. The number of hydrogen-bond acceptors (Lipinski definition) is 2. The van der Waals surface area contributed by atoms with Crippen LogP contribution in [0.3, 0.4) is 0 Å². The van der Waals surface area contributed by atoms with Crippen LogP contribution < -0.4 is 0 Å². The third kappa shape index (κ3) is 4.61. The van der Waals surface area contributed by atoms with Gasteiger partial charge in [-0.1, -0.05) is 30.3 Å². The van der Waals surface area contributed by atoms with Gasteiger partial charge in [0.1, 0.15) is 0 Å². The zero-order valence-corrected chi connectivity index (χ0v) is 9.06. The summed E-state index contributed by atoms with van der Waals surface area (Å²) >= 11 is 0. The molecule has 0 amide bonds. The van der Waals surface area contributed by atoms with Crippen LogP contribution in [0.5, 0.6) is 0 Å². The molecule has 3 heteroatoms. The molecule has 0 saturated heterocycles. The van der Waals surface area contributed by atoms with Crippen molar-refractivity contribution in [1.82, 2.24) is 0 Å². The summed E-state index contributed by atoms with van der Waals surface area (Å²) in [7, 11) is 0. The maximum absolute atomic E-state index is 10.5. The molecular formula is C12H16O3. The number of benzene rings is 1. The predicted molar refractivity (Wildman–Crippen MR) is 57.6 cm³/mol. The predicted octanol–water partition coefficient (Wildman–Crippen LogP) is 2.46. The molecule has 0 atom stereocenters. The maximum Gasteiger partial charge on any atom is 0.306 e. The molecule has 0 radical (unpaired) electrons. The Labute approximate surface area is 89.7 Å². The average molecular weight is 208 g/mol. The van der Waals surface area contributed by atoms with Gasteiger partial charge in [0.25, 0.3) is 0 Å². The minimum atomic E-state index is -0.840. The van der Waals surface area contributed by atoms with Crippen molar-refractivity contribution in [3.05, 3.63) is 35.9 Å². The molecular weight excluding hydrogens is 192 g/mol. The van der Waals surface area contributed by atoms with Crippen molar-refractivity contribution in [3.63, 3.8) is 0 Å².